The third kappa shape index (κ3) is 4.51. The number of rotatable bonds is 4. The van der Waals surface area contributed by atoms with E-state index in [4.69, 9.17) is 4.42 Å². The zero-order chi connectivity index (χ0) is 18.5. The molecule has 4 nitrogen and oxygen atoms in total. The first-order valence-corrected chi connectivity index (χ1v) is 9.18. The molecule has 0 aliphatic heterocycles. The van der Waals surface area contributed by atoms with Crippen molar-refractivity contribution in [1.29, 1.82) is 5.26 Å². The van der Waals surface area contributed by atoms with Gasteiger partial charge >= 0.3 is 0 Å². The average molecular weight is 472 g/mol. The number of carbonyl (C=O) groups is 1. The summed E-state index contributed by atoms with van der Waals surface area (Å²) < 4.78 is 7.61. The van der Waals surface area contributed by atoms with Gasteiger partial charge in [-0.25, -0.2) is 0 Å². The Hall–Kier alpha value is -2.62. The minimum absolute atomic E-state index is 0.0374. The Morgan fingerprint density at radius 1 is 0.962 bits per heavy atom. The molecule has 0 unspecified atom stereocenters. The molecule has 1 amide bonds. The van der Waals surface area contributed by atoms with Gasteiger partial charge in [-0.15, -0.1) is 0 Å². The third-order valence-electron chi connectivity index (χ3n) is 3.51. The van der Waals surface area contributed by atoms with Gasteiger partial charge in [0.25, 0.3) is 5.91 Å². The average Bonchev–Trinajstić information content (AvgIpc) is 3.11. The lowest BCUT2D eigenvalue weighted by atomic mass is 10.2. The molecule has 1 aromatic heterocycles. The topological polar surface area (TPSA) is 66.0 Å². The van der Waals surface area contributed by atoms with Crippen molar-refractivity contribution in [3.63, 3.8) is 0 Å². The number of halogens is 2. The van der Waals surface area contributed by atoms with E-state index in [0.29, 0.717) is 17.2 Å². The zero-order valence-electron chi connectivity index (χ0n) is 13.4. The van der Waals surface area contributed by atoms with Gasteiger partial charge in [-0.05, 0) is 48.5 Å². The second kappa shape index (κ2) is 8.17. The van der Waals surface area contributed by atoms with Gasteiger partial charge in [0, 0.05) is 26.3 Å². The summed E-state index contributed by atoms with van der Waals surface area (Å²) in [7, 11) is 0. The first-order chi connectivity index (χ1) is 12.5. The van der Waals surface area contributed by atoms with E-state index in [1.807, 2.05) is 42.5 Å². The predicted molar refractivity (Wildman–Crippen MR) is 108 cm³/mol. The van der Waals surface area contributed by atoms with E-state index < -0.39 is 5.91 Å². The van der Waals surface area contributed by atoms with Crippen LogP contribution in [0.4, 0.5) is 5.69 Å². The van der Waals surface area contributed by atoms with Gasteiger partial charge in [-0.3, -0.25) is 4.79 Å². The largest absolute Gasteiger partial charge is 0.457 e. The molecule has 3 aromatic rings. The molecule has 0 aliphatic rings. The van der Waals surface area contributed by atoms with Crippen LogP contribution in [-0.4, -0.2) is 5.91 Å². The first-order valence-electron chi connectivity index (χ1n) is 7.59. The van der Waals surface area contributed by atoms with Crippen molar-refractivity contribution in [3.05, 3.63) is 80.9 Å². The minimum atomic E-state index is -0.489. The highest BCUT2D eigenvalue weighted by molar-refractivity contribution is 9.10. The van der Waals surface area contributed by atoms with Crippen molar-refractivity contribution in [1.82, 2.24) is 0 Å². The lowest BCUT2D eigenvalue weighted by molar-refractivity contribution is -0.112. The number of furan rings is 1. The highest BCUT2D eigenvalue weighted by Gasteiger charge is 2.11. The summed E-state index contributed by atoms with van der Waals surface area (Å²) in [4.78, 5) is 12.3. The number of anilines is 1. The highest BCUT2D eigenvalue weighted by atomic mass is 79.9. The fraction of sp³-hybridized carbons (Fsp3) is 0. The Morgan fingerprint density at radius 2 is 1.58 bits per heavy atom. The smallest absolute Gasteiger partial charge is 0.266 e. The van der Waals surface area contributed by atoms with Gasteiger partial charge in [0.05, 0.1) is 0 Å². The summed E-state index contributed by atoms with van der Waals surface area (Å²) >= 11 is 6.72. The molecular formula is C20H12Br2N2O2. The maximum absolute atomic E-state index is 12.3. The molecule has 0 aliphatic carbocycles. The van der Waals surface area contributed by atoms with Crippen LogP contribution in [0.15, 0.2) is 79.6 Å². The maximum Gasteiger partial charge on any atom is 0.266 e. The van der Waals surface area contributed by atoms with Gasteiger partial charge in [0.1, 0.15) is 23.2 Å². The summed E-state index contributed by atoms with van der Waals surface area (Å²) in [6.45, 7) is 0. The van der Waals surface area contributed by atoms with Gasteiger partial charge in [-0.2, -0.15) is 5.26 Å². The molecule has 0 spiro atoms. The molecule has 1 N–H and O–H groups in total. The molecule has 2 aromatic carbocycles. The Balaban J connectivity index is 1.78. The molecule has 0 saturated heterocycles. The molecule has 26 heavy (non-hydrogen) atoms. The van der Waals surface area contributed by atoms with Gasteiger partial charge in [0.2, 0.25) is 0 Å². The number of nitrogens with zero attached hydrogens (tertiary/aromatic N) is 1. The quantitative estimate of drug-likeness (QED) is 0.373. The Morgan fingerprint density at radius 3 is 2.19 bits per heavy atom. The Labute approximate surface area is 167 Å². The molecule has 0 bridgehead atoms. The van der Waals surface area contributed by atoms with Crippen LogP contribution < -0.4 is 5.32 Å². The molecular weight excluding hydrogens is 460 g/mol. The summed E-state index contributed by atoms with van der Waals surface area (Å²) in [5.41, 5.74) is 1.48. The van der Waals surface area contributed by atoms with Crippen LogP contribution in [0.2, 0.25) is 0 Å². The zero-order valence-corrected chi connectivity index (χ0v) is 16.5. The van der Waals surface area contributed by atoms with Crippen molar-refractivity contribution in [2.45, 2.75) is 0 Å². The van der Waals surface area contributed by atoms with Crippen molar-refractivity contribution in [2.24, 2.45) is 0 Å². The van der Waals surface area contributed by atoms with Gasteiger partial charge in [-0.1, -0.05) is 44.0 Å². The van der Waals surface area contributed by atoms with Crippen LogP contribution in [-0.2, 0) is 4.79 Å². The van der Waals surface area contributed by atoms with Crippen LogP contribution >= 0.6 is 31.9 Å². The fourth-order valence-electron chi connectivity index (χ4n) is 2.22. The summed E-state index contributed by atoms with van der Waals surface area (Å²) in [6, 6.07) is 20.2. The molecule has 3 rings (SSSR count). The van der Waals surface area contributed by atoms with E-state index in [1.54, 1.807) is 24.3 Å². The van der Waals surface area contributed by atoms with Crippen molar-refractivity contribution >= 4 is 49.5 Å². The number of hydrogen-bond donors (Lipinski definition) is 1. The summed E-state index contributed by atoms with van der Waals surface area (Å²) in [5.74, 6) is 0.608. The van der Waals surface area contributed by atoms with Crippen LogP contribution in [0, 0.1) is 11.3 Å². The van der Waals surface area contributed by atoms with E-state index in [9.17, 15) is 10.1 Å². The number of benzene rings is 2. The molecule has 6 heteroatoms. The van der Waals surface area contributed by atoms with E-state index >= 15 is 0 Å². The number of nitriles is 1. The monoisotopic (exact) mass is 470 g/mol. The van der Waals surface area contributed by atoms with Gasteiger partial charge in [0.15, 0.2) is 0 Å². The number of carbonyl (C=O) groups excluding carboxylic acids is 1. The van der Waals surface area contributed by atoms with Crippen molar-refractivity contribution in [3.8, 4) is 17.4 Å². The number of hydrogen-bond acceptors (Lipinski definition) is 3. The summed E-state index contributed by atoms with van der Waals surface area (Å²) in [6.07, 6.45) is 1.43. The van der Waals surface area contributed by atoms with E-state index in [0.717, 1.165) is 14.5 Å². The molecule has 0 fully saturated rings. The van der Waals surface area contributed by atoms with Gasteiger partial charge < -0.3 is 9.73 Å². The van der Waals surface area contributed by atoms with Crippen LogP contribution in [0.5, 0.6) is 0 Å². The molecule has 128 valence electrons. The number of nitrogens with one attached hydrogen (secondary N) is 1. The molecule has 0 atom stereocenters. The van der Waals surface area contributed by atoms with Crippen molar-refractivity contribution < 1.29 is 9.21 Å². The maximum atomic E-state index is 12.3. The standard InChI is InChI=1S/C20H12Br2N2O2/c21-15-3-1-13(2-4-15)19-10-9-18(26-19)11-14(12-23)20(25)24-17-7-5-16(22)6-8-17/h1-11H,(H,24,25). The SMILES string of the molecule is N#CC(=Cc1ccc(-c2ccc(Br)cc2)o1)C(=O)Nc1ccc(Br)cc1. The van der Waals surface area contributed by atoms with E-state index in [1.165, 1.54) is 6.08 Å². The molecule has 1 heterocycles. The van der Waals surface area contributed by atoms with Crippen LogP contribution in [0.1, 0.15) is 5.76 Å². The lowest BCUT2D eigenvalue weighted by Gasteiger charge is -2.03. The lowest BCUT2D eigenvalue weighted by Crippen LogP contribution is -2.13. The van der Waals surface area contributed by atoms with Crippen molar-refractivity contribution in [2.75, 3.05) is 5.32 Å². The van der Waals surface area contributed by atoms with E-state index in [2.05, 4.69) is 37.2 Å². The predicted octanol–water partition coefficient (Wildman–Crippen LogP) is 6.02. The Kier molecular flexibility index (Phi) is 5.71. The highest BCUT2D eigenvalue weighted by Crippen LogP contribution is 2.25. The Bertz CT molecular complexity index is 998. The third-order valence-corrected chi connectivity index (χ3v) is 4.57. The minimum Gasteiger partial charge on any atom is -0.457 e. The van der Waals surface area contributed by atoms with Crippen LogP contribution in [0.25, 0.3) is 17.4 Å². The normalized spacial score (nSPS) is 11.0. The van der Waals surface area contributed by atoms with Crippen LogP contribution in [0.3, 0.4) is 0 Å². The molecule has 0 saturated carbocycles. The fourth-order valence-corrected chi connectivity index (χ4v) is 2.75. The molecule has 0 radical (unpaired) electrons. The second-order valence-corrected chi connectivity index (χ2v) is 7.17. The summed E-state index contributed by atoms with van der Waals surface area (Å²) in [5, 5.41) is 12.0. The first kappa shape index (κ1) is 18.2. The number of amides is 1. The second-order valence-electron chi connectivity index (χ2n) is 5.34. The van der Waals surface area contributed by atoms with E-state index in [-0.39, 0.29) is 5.57 Å².